The molecule has 0 amide bonds. The first-order valence-corrected chi connectivity index (χ1v) is 8.39. The van der Waals surface area contributed by atoms with Gasteiger partial charge in [0.15, 0.2) is 0 Å². The first-order valence-electron chi connectivity index (χ1n) is 8.39. The van der Waals surface area contributed by atoms with E-state index in [1.54, 1.807) is 13.3 Å². The molecule has 1 fully saturated rings. The van der Waals surface area contributed by atoms with Crippen LogP contribution >= 0.6 is 0 Å². The lowest BCUT2D eigenvalue weighted by molar-refractivity contribution is 0.569. The molecule has 2 N–H and O–H groups in total. The topological polar surface area (TPSA) is 53.1 Å². The number of benzene rings is 1. The highest BCUT2D eigenvalue weighted by Gasteiger charge is 2.25. The fraction of sp³-hybridized carbons (Fsp3) is 0.444. The van der Waals surface area contributed by atoms with E-state index in [0.717, 1.165) is 43.3 Å². The molecule has 128 valence electrons. The predicted molar refractivity (Wildman–Crippen MR) is 94.8 cm³/mol. The average molecular weight is 329 g/mol. The monoisotopic (exact) mass is 329 g/mol. The lowest BCUT2D eigenvalue weighted by atomic mass is 10.1. The second-order valence-electron chi connectivity index (χ2n) is 6.22. The molecule has 1 aromatic heterocycles. The Morgan fingerprint density at radius 3 is 2.96 bits per heavy atom. The van der Waals surface area contributed by atoms with Crippen LogP contribution in [0.25, 0.3) is 0 Å². The van der Waals surface area contributed by atoms with E-state index in [9.17, 15) is 4.39 Å². The van der Waals surface area contributed by atoms with E-state index < -0.39 is 0 Å². The Kier molecular flexibility index (Phi) is 5.25. The van der Waals surface area contributed by atoms with E-state index in [1.165, 1.54) is 12.5 Å². The van der Waals surface area contributed by atoms with Crippen molar-refractivity contribution in [3.63, 3.8) is 0 Å². The Balaban J connectivity index is 1.58. The van der Waals surface area contributed by atoms with Crippen LogP contribution in [0.4, 0.5) is 16.0 Å². The van der Waals surface area contributed by atoms with E-state index >= 15 is 0 Å². The average Bonchev–Trinajstić information content (AvgIpc) is 3.06. The Hall–Kier alpha value is -2.21. The van der Waals surface area contributed by atoms with Gasteiger partial charge in [-0.15, -0.1) is 0 Å². The molecule has 1 unspecified atom stereocenters. The zero-order valence-corrected chi connectivity index (χ0v) is 14.2. The predicted octanol–water partition coefficient (Wildman–Crippen LogP) is 2.72. The number of rotatable bonds is 6. The van der Waals surface area contributed by atoms with E-state index in [2.05, 4.69) is 25.5 Å². The molecule has 1 aliphatic heterocycles. The van der Waals surface area contributed by atoms with Crippen molar-refractivity contribution in [1.82, 2.24) is 15.3 Å². The fourth-order valence-electron chi connectivity index (χ4n) is 3.19. The molecule has 1 aliphatic rings. The summed E-state index contributed by atoms with van der Waals surface area (Å²) in [6.07, 6.45) is 3.92. The minimum atomic E-state index is -0.148. The first-order chi connectivity index (χ1) is 11.7. The molecule has 24 heavy (non-hydrogen) atoms. The molecule has 3 rings (SSSR count). The molecule has 5 nitrogen and oxygen atoms in total. The number of anilines is 2. The molecule has 0 spiro atoms. The minimum absolute atomic E-state index is 0.148. The molecule has 2 heterocycles. The Morgan fingerprint density at radius 1 is 1.29 bits per heavy atom. The van der Waals surface area contributed by atoms with Crippen molar-refractivity contribution in [2.75, 3.05) is 30.4 Å². The molecule has 2 aromatic rings. The Bertz CT molecular complexity index is 691. The maximum atomic E-state index is 13.3. The molecular weight excluding hydrogens is 305 g/mol. The van der Waals surface area contributed by atoms with Gasteiger partial charge in [0.1, 0.15) is 23.8 Å². The molecule has 1 atom stereocenters. The molecule has 0 aliphatic carbocycles. The van der Waals surface area contributed by atoms with Gasteiger partial charge in [0.05, 0.1) is 0 Å². The number of aromatic nitrogens is 2. The Labute approximate surface area is 142 Å². The number of hydrogen-bond acceptors (Lipinski definition) is 5. The van der Waals surface area contributed by atoms with Gasteiger partial charge in [-0.1, -0.05) is 12.1 Å². The van der Waals surface area contributed by atoms with Crippen molar-refractivity contribution in [3.8, 4) is 0 Å². The largest absolute Gasteiger partial charge is 0.373 e. The van der Waals surface area contributed by atoms with E-state index in [1.807, 2.05) is 25.2 Å². The van der Waals surface area contributed by atoms with E-state index in [0.29, 0.717) is 11.6 Å². The number of aryl methyl sites for hydroxylation is 1. The standard InChI is InChI=1S/C18H24FN5/c1-13-8-14(5-6-16(13)19)10-21-11-15-4-3-7-24(15)18-9-17(20-2)22-12-23-18/h5-6,8-9,12,15,21H,3-4,7,10-11H2,1-2H3,(H,20,22,23). The zero-order chi connectivity index (χ0) is 16.9. The smallest absolute Gasteiger partial charge is 0.134 e. The van der Waals surface area contributed by atoms with Crippen LogP contribution in [0.2, 0.25) is 0 Å². The van der Waals surface area contributed by atoms with Gasteiger partial charge in [-0.2, -0.15) is 0 Å². The van der Waals surface area contributed by atoms with Crippen molar-refractivity contribution < 1.29 is 4.39 Å². The van der Waals surface area contributed by atoms with Gasteiger partial charge in [-0.25, -0.2) is 14.4 Å². The lowest BCUT2D eigenvalue weighted by Crippen LogP contribution is -2.38. The van der Waals surface area contributed by atoms with Gasteiger partial charge in [-0.3, -0.25) is 0 Å². The third-order valence-corrected chi connectivity index (χ3v) is 4.51. The zero-order valence-electron chi connectivity index (χ0n) is 14.2. The van der Waals surface area contributed by atoms with Crippen LogP contribution in [0.3, 0.4) is 0 Å². The van der Waals surface area contributed by atoms with Crippen LogP contribution in [0.5, 0.6) is 0 Å². The number of nitrogens with zero attached hydrogens (tertiary/aromatic N) is 3. The number of nitrogens with one attached hydrogen (secondary N) is 2. The highest BCUT2D eigenvalue weighted by molar-refractivity contribution is 5.49. The van der Waals surface area contributed by atoms with Crippen molar-refractivity contribution in [3.05, 3.63) is 47.5 Å². The molecule has 0 radical (unpaired) electrons. The third-order valence-electron chi connectivity index (χ3n) is 4.51. The van der Waals surface area contributed by atoms with E-state index in [-0.39, 0.29) is 5.82 Å². The van der Waals surface area contributed by atoms with Crippen molar-refractivity contribution >= 4 is 11.6 Å². The van der Waals surface area contributed by atoms with E-state index in [4.69, 9.17) is 0 Å². The minimum Gasteiger partial charge on any atom is -0.373 e. The van der Waals surface area contributed by atoms with Crippen LogP contribution in [-0.4, -0.2) is 36.1 Å². The van der Waals surface area contributed by atoms with Crippen LogP contribution in [0.15, 0.2) is 30.6 Å². The van der Waals surface area contributed by atoms with Gasteiger partial charge >= 0.3 is 0 Å². The maximum Gasteiger partial charge on any atom is 0.134 e. The lowest BCUT2D eigenvalue weighted by Gasteiger charge is -2.26. The summed E-state index contributed by atoms with van der Waals surface area (Å²) in [6, 6.07) is 7.69. The first kappa shape index (κ1) is 16.6. The highest BCUT2D eigenvalue weighted by atomic mass is 19.1. The summed E-state index contributed by atoms with van der Waals surface area (Å²) in [5, 5.41) is 6.55. The summed E-state index contributed by atoms with van der Waals surface area (Å²) in [6.45, 7) is 4.44. The highest BCUT2D eigenvalue weighted by Crippen LogP contribution is 2.24. The van der Waals surface area contributed by atoms with Crippen LogP contribution in [0, 0.1) is 12.7 Å². The summed E-state index contributed by atoms with van der Waals surface area (Å²) in [5.41, 5.74) is 1.80. The second-order valence-corrected chi connectivity index (χ2v) is 6.22. The van der Waals surface area contributed by atoms with Gasteiger partial charge in [0.25, 0.3) is 0 Å². The molecule has 6 heteroatoms. The summed E-state index contributed by atoms with van der Waals surface area (Å²) in [7, 11) is 1.86. The fourth-order valence-corrected chi connectivity index (χ4v) is 3.19. The SMILES string of the molecule is CNc1cc(N2CCCC2CNCc2ccc(F)c(C)c2)ncn1. The summed E-state index contributed by atoms with van der Waals surface area (Å²) >= 11 is 0. The van der Waals surface area contributed by atoms with Crippen molar-refractivity contribution in [2.45, 2.75) is 32.4 Å². The normalized spacial score (nSPS) is 17.3. The van der Waals surface area contributed by atoms with Gasteiger partial charge in [-0.05, 0) is 37.0 Å². The second kappa shape index (κ2) is 7.57. The summed E-state index contributed by atoms with van der Waals surface area (Å²) < 4.78 is 13.3. The molecule has 1 aromatic carbocycles. The third kappa shape index (κ3) is 3.82. The van der Waals surface area contributed by atoms with Gasteiger partial charge in [0, 0.05) is 38.8 Å². The summed E-state index contributed by atoms with van der Waals surface area (Å²) in [4.78, 5) is 10.9. The van der Waals surface area contributed by atoms with Crippen LogP contribution in [0.1, 0.15) is 24.0 Å². The quantitative estimate of drug-likeness (QED) is 0.853. The van der Waals surface area contributed by atoms with Crippen LogP contribution < -0.4 is 15.5 Å². The number of hydrogen-bond donors (Lipinski definition) is 2. The Morgan fingerprint density at radius 2 is 2.17 bits per heavy atom. The van der Waals surface area contributed by atoms with Crippen LogP contribution in [-0.2, 0) is 6.54 Å². The van der Waals surface area contributed by atoms with Crippen molar-refractivity contribution in [1.29, 1.82) is 0 Å². The van der Waals surface area contributed by atoms with Crippen molar-refractivity contribution in [2.24, 2.45) is 0 Å². The molecule has 0 bridgehead atoms. The van der Waals surface area contributed by atoms with Gasteiger partial charge in [0.2, 0.25) is 0 Å². The number of halogens is 1. The maximum absolute atomic E-state index is 13.3. The summed E-state index contributed by atoms with van der Waals surface area (Å²) in [5.74, 6) is 1.65. The van der Waals surface area contributed by atoms with Gasteiger partial charge < -0.3 is 15.5 Å². The molecule has 1 saturated heterocycles. The molecular formula is C18H24FN5. The molecule has 0 saturated carbocycles.